The molecule has 1 heterocycles. The topological polar surface area (TPSA) is 86.7 Å². The molecule has 27 heavy (non-hydrogen) atoms. The molecule has 3 rings (SSSR count). The van der Waals surface area contributed by atoms with E-state index in [4.69, 9.17) is 11.6 Å². The summed E-state index contributed by atoms with van der Waals surface area (Å²) in [6.45, 7) is 0.757. The number of β-amino-alcohol motifs (C(OH)–C–C–N with tert-alkyl or cyclic N) is 1. The number of aliphatic hydroxyl groups excluding tert-OH is 1. The first-order valence-corrected chi connectivity index (χ1v) is 10.2. The fourth-order valence-electron chi connectivity index (χ4n) is 2.88. The molecular formula is C18H18ClFN2O4S. The van der Waals surface area contributed by atoms with Gasteiger partial charge in [0.2, 0.25) is 0 Å². The van der Waals surface area contributed by atoms with Crippen molar-refractivity contribution in [1.82, 2.24) is 4.90 Å². The number of anilines is 1. The molecule has 0 spiro atoms. The van der Waals surface area contributed by atoms with E-state index in [1.54, 1.807) is 0 Å². The van der Waals surface area contributed by atoms with E-state index < -0.39 is 21.9 Å². The predicted octanol–water partition coefficient (Wildman–Crippen LogP) is 2.88. The first-order chi connectivity index (χ1) is 12.8. The summed E-state index contributed by atoms with van der Waals surface area (Å²) in [6.07, 6.45) is 0.781. The lowest BCUT2D eigenvalue weighted by atomic mass is 10.1. The van der Waals surface area contributed by atoms with Crippen LogP contribution in [0, 0.1) is 5.82 Å². The number of carbonyl (C=O) groups excluding carboxylic acids is 1. The Morgan fingerprint density at radius 2 is 1.93 bits per heavy atom. The molecular weight excluding hydrogens is 395 g/mol. The SMILES string of the molecule is O=C(c1ccc(Cl)c(NS(=O)(=O)c2ccc(F)cc2)c1)N1CCCC(O)C1. The summed E-state index contributed by atoms with van der Waals surface area (Å²) < 4.78 is 40.3. The number of rotatable bonds is 4. The molecule has 0 saturated carbocycles. The third-order valence-corrected chi connectivity index (χ3v) is 5.98. The second-order valence-electron chi connectivity index (χ2n) is 6.30. The van der Waals surface area contributed by atoms with Crippen molar-refractivity contribution in [2.45, 2.75) is 23.8 Å². The molecule has 6 nitrogen and oxygen atoms in total. The minimum absolute atomic E-state index is 0.0457. The first kappa shape index (κ1) is 19.6. The molecule has 1 atom stereocenters. The van der Waals surface area contributed by atoms with Crippen LogP contribution in [0.4, 0.5) is 10.1 Å². The summed E-state index contributed by atoms with van der Waals surface area (Å²) >= 11 is 6.08. The zero-order valence-electron chi connectivity index (χ0n) is 14.2. The fourth-order valence-corrected chi connectivity index (χ4v) is 4.17. The summed E-state index contributed by atoms with van der Waals surface area (Å²) in [5.41, 5.74) is 0.301. The maximum absolute atomic E-state index is 13.0. The average Bonchev–Trinajstić information content (AvgIpc) is 2.63. The van der Waals surface area contributed by atoms with Crippen LogP contribution in [0.5, 0.6) is 0 Å². The van der Waals surface area contributed by atoms with E-state index in [2.05, 4.69) is 4.72 Å². The molecule has 2 aromatic carbocycles. The molecule has 0 bridgehead atoms. The zero-order valence-corrected chi connectivity index (χ0v) is 15.8. The number of benzene rings is 2. The number of amides is 1. The van der Waals surface area contributed by atoms with Crippen molar-refractivity contribution >= 4 is 33.2 Å². The number of hydrogen-bond acceptors (Lipinski definition) is 4. The molecule has 1 unspecified atom stereocenters. The molecule has 1 fully saturated rings. The monoisotopic (exact) mass is 412 g/mol. The minimum atomic E-state index is -3.99. The standard InChI is InChI=1S/C18H18ClFN2O4S/c19-16-8-3-12(18(24)22-9-1-2-14(23)11-22)10-17(16)21-27(25,26)15-6-4-13(20)5-7-15/h3-8,10,14,21,23H,1-2,9,11H2. The Labute approximate surface area is 161 Å². The first-order valence-electron chi connectivity index (χ1n) is 8.31. The molecule has 1 aliphatic rings. The van der Waals surface area contributed by atoms with Gasteiger partial charge in [-0.15, -0.1) is 0 Å². The second kappa shape index (κ2) is 7.84. The molecule has 0 radical (unpaired) electrons. The fraction of sp³-hybridized carbons (Fsp3) is 0.278. The highest BCUT2D eigenvalue weighted by Crippen LogP contribution is 2.27. The molecule has 2 aromatic rings. The van der Waals surface area contributed by atoms with Gasteiger partial charge in [0, 0.05) is 18.7 Å². The Kier molecular flexibility index (Phi) is 5.69. The predicted molar refractivity (Wildman–Crippen MR) is 99.8 cm³/mol. The van der Waals surface area contributed by atoms with Gasteiger partial charge in [0.1, 0.15) is 5.82 Å². The van der Waals surface area contributed by atoms with Crippen molar-refractivity contribution in [3.05, 3.63) is 58.9 Å². The van der Waals surface area contributed by atoms with Crippen LogP contribution in [0.15, 0.2) is 47.4 Å². The van der Waals surface area contributed by atoms with Crippen LogP contribution in [-0.2, 0) is 10.0 Å². The van der Waals surface area contributed by atoms with Gasteiger partial charge in [0.15, 0.2) is 0 Å². The van der Waals surface area contributed by atoms with Crippen molar-refractivity contribution in [2.75, 3.05) is 17.8 Å². The van der Waals surface area contributed by atoms with Gasteiger partial charge >= 0.3 is 0 Å². The van der Waals surface area contributed by atoms with Gasteiger partial charge in [0.25, 0.3) is 15.9 Å². The Hall–Kier alpha value is -2.16. The molecule has 0 aliphatic carbocycles. The summed E-state index contributed by atoms with van der Waals surface area (Å²) in [4.78, 5) is 14.0. The minimum Gasteiger partial charge on any atom is -0.391 e. The summed E-state index contributed by atoms with van der Waals surface area (Å²) in [7, 11) is -3.99. The number of halogens is 2. The van der Waals surface area contributed by atoms with Crippen LogP contribution in [0.1, 0.15) is 23.2 Å². The largest absolute Gasteiger partial charge is 0.391 e. The van der Waals surface area contributed by atoms with Gasteiger partial charge in [-0.3, -0.25) is 9.52 Å². The van der Waals surface area contributed by atoms with Gasteiger partial charge in [0.05, 0.1) is 21.7 Å². The Bertz CT molecular complexity index is 950. The van der Waals surface area contributed by atoms with Crippen molar-refractivity contribution in [2.24, 2.45) is 0 Å². The zero-order chi connectivity index (χ0) is 19.6. The second-order valence-corrected chi connectivity index (χ2v) is 8.39. The van der Waals surface area contributed by atoms with Crippen molar-refractivity contribution in [3.8, 4) is 0 Å². The molecule has 0 aromatic heterocycles. The van der Waals surface area contributed by atoms with E-state index in [-0.39, 0.29) is 33.6 Å². The maximum Gasteiger partial charge on any atom is 0.261 e. The molecule has 2 N–H and O–H groups in total. The van der Waals surface area contributed by atoms with E-state index in [0.29, 0.717) is 19.4 Å². The van der Waals surface area contributed by atoms with Crippen molar-refractivity contribution < 1.29 is 22.7 Å². The lowest BCUT2D eigenvalue weighted by molar-refractivity contribution is 0.0474. The summed E-state index contributed by atoms with van der Waals surface area (Å²) in [5, 5.41) is 9.86. The highest BCUT2D eigenvalue weighted by molar-refractivity contribution is 7.92. The number of likely N-dealkylation sites (tertiary alicyclic amines) is 1. The number of carbonyl (C=O) groups is 1. The Morgan fingerprint density at radius 1 is 1.22 bits per heavy atom. The quantitative estimate of drug-likeness (QED) is 0.808. The van der Waals surface area contributed by atoms with Crippen molar-refractivity contribution in [3.63, 3.8) is 0 Å². The van der Waals surface area contributed by atoms with Crippen LogP contribution in [-0.4, -0.2) is 43.5 Å². The molecule has 1 saturated heterocycles. The number of nitrogens with zero attached hydrogens (tertiary/aromatic N) is 1. The lowest BCUT2D eigenvalue weighted by Crippen LogP contribution is -2.42. The molecule has 1 amide bonds. The van der Waals surface area contributed by atoms with Crippen LogP contribution in [0.3, 0.4) is 0 Å². The lowest BCUT2D eigenvalue weighted by Gasteiger charge is -2.30. The average molecular weight is 413 g/mol. The summed E-state index contributed by atoms with van der Waals surface area (Å²) in [5.74, 6) is -0.865. The molecule has 9 heteroatoms. The van der Waals surface area contributed by atoms with E-state index >= 15 is 0 Å². The number of nitrogens with one attached hydrogen (secondary N) is 1. The molecule has 144 valence electrons. The Morgan fingerprint density at radius 3 is 2.59 bits per heavy atom. The third-order valence-electron chi connectivity index (χ3n) is 4.27. The van der Waals surface area contributed by atoms with E-state index in [1.165, 1.54) is 23.1 Å². The smallest absolute Gasteiger partial charge is 0.261 e. The van der Waals surface area contributed by atoms with Crippen LogP contribution < -0.4 is 4.72 Å². The number of aliphatic hydroxyl groups is 1. The van der Waals surface area contributed by atoms with Crippen LogP contribution in [0.25, 0.3) is 0 Å². The number of sulfonamides is 1. The maximum atomic E-state index is 13.0. The van der Waals surface area contributed by atoms with Crippen molar-refractivity contribution in [1.29, 1.82) is 0 Å². The van der Waals surface area contributed by atoms with Gasteiger partial charge in [-0.2, -0.15) is 0 Å². The Balaban J connectivity index is 1.85. The van der Waals surface area contributed by atoms with Crippen LogP contribution in [0.2, 0.25) is 5.02 Å². The number of piperidine rings is 1. The van der Waals surface area contributed by atoms with E-state index in [1.807, 2.05) is 0 Å². The third kappa shape index (κ3) is 4.58. The van der Waals surface area contributed by atoms with Crippen LogP contribution >= 0.6 is 11.6 Å². The highest BCUT2D eigenvalue weighted by Gasteiger charge is 2.24. The van der Waals surface area contributed by atoms with E-state index in [0.717, 1.165) is 24.3 Å². The molecule has 1 aliphatic heterocycles. The van der Waals surface area contributed by atoms with Gasteiger partial charge in [-0.1, -0.05) is 11.6 Å². The van der Waals surface area contributed by atoms with Gasteiger partial charge in [-0.25, -0.2) is 12.8 Å². The van der Waals surface area contributed by atoms with Gasteiger partial charge < -0.3 is 10.0 Å². The number of hydrogen-bond donors (Lipinski definition) is 2. The highest BCUT2D eigenvalue weighted by atomic mass is 35.5. The summed E-state index contributed by atoms with van der Waals surface area (Å²) in [6, 6.07) is 8.63. The normalized spacial score (nSPS) is 17.6. The van der Waals surface area contributed by atoms with E-state index in [9.17, 15) is 22.7 Å². The van der Waals surface area contributed by atoms with Gasteiger partial charge in [-0.05, 0) is 55.3 Å².